The number of halogens is 7. The van der Waals surface area contributed by atoms with Crippen molar-refractivity contribution < 1.29 is 14.3 Å². The largest absolute Gasteiger partial charge is 0.379 e. The Kier molecular flexibility index (Phi) is 17.5. The molecule has 2 aromatic heterocycles. The zero-order valence-corrected chi connectivity index (χ0v) is 43.5. The summed E-state index contributed by atoms with van der Waals surface area (Å²) in [4.78, 5) is 41.6. The highest BCUT2D eigenvalue weighted by atomic mass is 79.9. The van der Waals surface area contributed by atoms with E-state index in [-0.39, 0.29) is 23.7 Å². The van der Waals surface area contributed by atoms with Crippen LogP contribution in [0.5, 0.6) is 0 Å². The van der Waals surface area contributed by atoms with E-state index in [4.69, 9.17) is 72.7 Å². The molecular weight excluding hydrogens is 1060 g/mol. The molecule has 0 saturated carbocycles. The van der Waals surface area contributed by atoms with E-state index in [0.29, 0.717) is 40.6 Å². The minimum absolute atomic E-state index is 0.121. The molecule has 348 valence electrons. The number of pyridine rings is 2. The van der Waals surface area contributed by atoms with Gasteiger partial charge in [-0.3, -0.25) is 24.5 Å². The van der Waals surface area contributed by atoms with E-state index in [2.05, 4.69) is 65.9 Å². The number of piperidine rings is 2. The Hall–Kier alpha value is -1.99. The number of hydrogen-bond donors (Lipinski definition) is 0. The smallest absolute Gasteiger partial charge is 0.222 e. The van der Waals surface area contributed by atoms with E-state index < -0.39 is 0 Å². The van der Waals surface area contributed by atoms with Crippen LogP contribution in [0.25, 0.3) is 0 Å². The van der Waals surface area contributed by atoms with Crippen molar-refractivity contribution in [3.05, 3.63) is 123 Å². The standard InChI is InChI=1S/C27H32BrCl2N3O2.C23H24BrCl3N2O/c28-21-14-20-4-3-19-15-22(29)16-23(30)25(19)26(27(20)31-17-21)18-5-8-33(9-6-18)24(34)2-1-7-32-10-12-35-13-11-32;24-17-10-16-4-3-15-11-18(26)12-19(27)21(15)22(23(16)28-13-17)14-5-8-29(9-6-14)20(30)2-1-7-25/h14-18,26H,1-13H2;10-14,22H,1-9H2. The molecule has 2 amide bonds. The number of amides is 2. The molecule has 5 heterocycles. The maximum absolute atomic E-state index is 12.9. The summed E-state index contributed by atoms with van der Waals surface area (Å²) in [6, 6.07) is 12.2. The van der Waals surface area contributed by atoms with Gasteiger partial charge in [0.25, 0.3) is 0 Å². The van der Waals surface area contributed by atoms with Crippen molar-refractivity contribution in [2.24, 2.45) is 11.8 Å². The van der Waals surface area contributed by atoms with Gasteiger partial charge in [0.1, 0.15) is 0 Å². The molecule has 2 aromatic carbocycles. The van der Waals surface area contributed by atoms with Crippen LogP contribution in [-0.2, 0) is 40.0 Å². The average molecular weight is 1110 g/mol. The van der Waals surface area contributed by atoms with Gasteiger partial charge in [0.15, 0.2) is 0 Å². The van der Waals surface area contributed by atoms with Gasteiger partial charge in [0, 0.05) is 111 Å². The number of alkyl halides is 1. The third kappa shape index (κ3) is 12.1. The lowest BCUT2D eigenvalue weighted by Crippen LogP contribution is -2.41. The highest BCUT2D eigenvalue weighted by molar-refractivity contribution is 9.10. The monoisotopic (exact) mass is 1110 g/mol. The van der Waals surface area contributed by atoms with Crippen molar-refractivity contribution >= 4 is 102 Å². The molecule has 8 nitrogen and oxygen atoms in total. The van der Waals surface area contributed by atoms with E-state index in [0.717, 1.165) is 154 Å². The predicted molar refractivity (Wildman–Crippen MR) is 270 cm³/mol. The zero-order valence-electron chi connectivity index (χ0n) is 36.6. The van der Waals surface area contributed by atoms with Gasteiger partial charge >= 0.3 is 0 Å². The molecule has 3 aliphatic heterocycles. The summed E-state index contributed by atoms with van der Waals surface area (Å²) in [5, 5.41) is 2.82. The Morgan fingerprint density at radius 1 is 0.600 bits per heavy atom. The zero-order chi connectivity index (χ0) is 45.6. The number of benzene rings is 2. The lowest BCUT2D eigenvalue weighted by Gasteiger charge is -2.37. The molecule has 2 aliphatic carbocycles. The Labute approximate surface area is 425 Å². The maximum Gasteiger partial charge on any atom is 0.222 e. The number of nitrogens with zero attached hydrogens (tertiary/aromatic N) is 5. The molecule has 65 heavy (non-hydrogen) atoms. The third-order valence-electron chi connectivity index (χ3n) is 14.1. The van der Waals surface area contributed by atoms with Gasteiger partial charge in [0.05, 0.1) is 24.6 Å². The third-order valence-corrected chi connectivity index (χ3v) is 16.3. The topological polar surface area (TPSA) is 78.9 Å². The second-order valence-electron chi connectivity index (χ2n) is 18.1. The number of aromatic nitrogens is 2. The van der Waals surface area contributed by atoms with Crippen LogP contribution in [0, 0.1) is 11.8 Å². The number of rotatable bonds is 9. The Balaban J connectivity index is 0.000000179. The number of likely N-dealkylation sites (tertiary alicyclic amines) is 2. The summed E-state index contributed by atoms with van der Waals surface area (Å²) in [7, 11) is 0. The number of fused-ring (bicyclic) bond motifs is 4. The summed E-state index contributed by atoms with van der Waals surface area (Å²) in [6.07, 6.45) is 14.0. The lowest BCUT2D eigenvalue weighted by atomic mass is 9.76. The first-order valence-corrected chi connectivity index (χ1v) is 26.8. The first kappa shape index (κ1) is 49.4. The second-order valence-corrected chi connectivity index (χ2v) is 22.0. The molecular formula is C50H56Br2Cl5N5O3. The van der Waals surface area contributed by atoms with Gasteiger partial charge < -0.3 is 14.5 Å². The molecule has 2 atom stereocenters. The fourth-order valence-electron chi connectivity index (χ4n) is 10.8. The minimum atomic E-state index is 0.121. The van der Waals surface area contributed by atoms with Crippen molar-refractivity contribution in [1.29, 1.82) is 0 Å². The van der Waals surface area contributed by atoms with Gasteiger partial charge in [0.2, 0.25) is 11.8 Å². The van der Waals surface area contributed by atoms with Crippen molar-refractivity contribution in [1.82, 2.24) is 24.7 Å². The molecule has 3 saturated heterocycles. The molecule has 4 aromatic rings. The number of morpholine rings is 1. The quantitative estimate of drug-likeness (QED) is 0.155. The van der Waals surface area contributed by atoms with Gasteiger partial charge in [-0.25, -0.2) is 0 Å². The number of hydrogen-bond acceptors (Lipinski definition) is 6. The molecule has 3 fully saturated rings. The molecule has 0 bridgehead atoms. The van der Waals surface area contributed by atoms with Gasteiger partial charge in [-0.1, -0.05) is 46.4 Å². The summed E-state index contributed by atoms with van der Waals surface area (Å²) < 4.78 is 7.41. The van der Waals surface area contributed by atoms with Crippen LogP contribution < -0.4 is 0 Å². The van der Waals surface area contributed by atoms with Gasteiger partial charge in [-0.2, -0.15) is 0 Å². The summed E-state index contributed by atoms with van der Waals surface area (Å²) >= 11 is 39.3. The van der Waals surface area contributed by atoms with E-state index in [1.807, 2.05) is 29.4 Å². The normalized spacial score (nSPS) is 20.4. The maximum atomic E-state index is 12.9. The van der Waals surface area contributed by atoms with Crippen LogP contribution in [-0.4, -0.2) is 101 Å². The second kappa shape index (κ2) is 23.1. The molecule has 9 rings (SSSR count). The van der Waals surface area contributed by atoms with Crippen LogP contribution in [0.2, 0.25) is 20.1 Å². The Bertz CT molecular complexity index is 2330. The van der Waals surface area contributed by atoms with Gasteiger partial charge in [-0.05, 0) is 184 Å². The molecule has 15 heteroatoms. The first-order chi connectivity index (χ1) is 31.5. The highest BCUT2D eigenvalue weighted by Gasteiger charge is 2.38. The van der Waals surface area contributed by atoms with Crippen LogP contribution in [0.3, 0.4) is 0 Å². The van der Waals surface area contributed by atoms with Gasteiger partial charge in [-0.15, -0.1) is 11.6 Å². The van der Waals surface area contributed by atoms with Crippen LogP contribution in [0.1, 0.15) is 108 Å². The summed E-state index contributed by atoms with van der Waals surface area (Å²) in [6.45, 7) is 7.67. The van der Waals surface area contributed by atoms with Crippen LogP contribution in [0.15, 0.2) is 57.7 Å². The fraction of sp³-hybridized carbons (Fsp3) is 0.520. The fourth-order valence-corrected chi connectivity index (χ4v) is 13.0. The Morgan fingerprint density at radius 2 is 1.03 bits per heavy atom. The van der Waals surface area contributed by atoms with E-state index >= 15 is 0 Å². The van der Waals surface area contributed by atoms with E-state index in [1.54, 1.807) is 0 Å². The van der Waals surface area contributed by atoms with Crippen molar-refractivity contribution in [2.75, 3.05) is 64.9 Å². The van der Waals surface area contributed by atoms with Crippen molar-refractivity contribution in [3.63, 3.8) is 0 Å². The number of ether oxygens (including phenoxy) is 1. The lowest BCUT2D eigenvalue weighted by molar-refractivity contribution is -0.133. The SMILES string of the molecule is O=C(CCCCl)N1CCC(C2c3ncc(Br)cc3CCc3cc(Cl)cc(Cl)c32)CC1.O=C(CCCN1CCOCC1)N1CCC(C2c3ncc(Br)cc3CCc3cc(Cl)cc(Cl)c32)CC1. The molecule has 0 radical (unpaired) electrons. The summed E-state index contributed by atoms with van der Waals surface area (Å²) in [5.74, 6) is 2.03. The van der Waals surface area contributed by atoms with Crippen LogP contribution in [0.4, 0.5) is 0 Å². The van der Waals surface area contributed by atoms with Crippen LogP contribution >= 0.6 is 89.9 Å². The first-order valence-electron chi connectivity index (χ1n) is 23.1. The molecule has 0 spiro atoms. The molecule has 2 unspecified atom stereocenters. The molecule has 5 aliphatic rings. The Morgan fingerprint density at radius 3 is 1.48 bits per heavy atom. The van der Waals surface area contributed by atoms with Crippen molar-refractivity contribution in [3.8, 4) is 0 Å². The van der Waals surface area contributed by atoms with Crippen molar-refractivity contribution in [2.45, 2.75) is 88.9 Å². The predicted octanol–water partition coefficient (Wildman–Crippen LogP) is 12.4. The number of carbonyl (C=O) groups excluding carboxylic acids is 2. The number of aryl methyl sites for hydroxylation is 4. The van der Waals surface area contributed by atoms with E-state index in [1.165, 1.54) is 33.4 Å². The average Bonchev–Trinajstić information content (AvgIpc) is 3.56. The van der Waals surface area contributed by atoms with E-state index in [9.17, 15) is 9.59 Å². The molecule has 0 N–H and O–H groups in total. The summed E-state index contributed by atoms with van der Waals surface area (Å²) in [5.41, 5.74) is 9.57. The minimum Gasteiger partial charge on any atom is -0.379 e. The number of carbonyl (C=O) groups is 2. The highest BCUT2D eigenvalue weighted by Crippen LogP contribution is 2.48.